The number of rotatable bonds is 5. The molecule has 0 aliphatic carbocycles. The lowest BCUT2D eigenvalue weighted by atomic mass is 9.99. The highest BCUT2D eigenvalue weighted by Crippen LogP contribution is 2.25. The summed E-state index contributed by atoms with van der Waals surface area (Å²) in [6, 6.07) is 9.90. The minimum Gasteiger partial charge on any atom is -0.353 e. The zero-order chi connectivity index (χ0) is 21.1. The van der Waals surface area contributed by atoms with E-state index in [1.54, 1.807) is 0 Å². The number of benzene rings is 2. The van der Waals surface area contributed by atoms with Crippen LogP contribution in [-0.2, 0) is 29.0 Å². The van der Waals surface area contributed by atoms with Gasteiger partial charge in [-0.05, 0) is 54.2 Å². The fourth-order valence-corrected chi connectivity index (χ4v) is 4.12. The van der Waals surface area contributed by atoms with Gasteiger partial charge in [0.2, 0.25) is 11.8 Å². The molecule has 2 aliphatic rings. The highest BCUT2D eigenvalue weighted by molar-refractivity contribution is 5.93. The van der Waals surface area contributed by atoms with Crippen molar-refractivity contribution < 1.29 is 18.4 Å². The molecule has 158 valence electrons. The molecule has 1 fully saturated rings. The number of aryl methyl sites for hydroxylation is 1. The van der Waals surface area contributed by atoms with E-state index in [9.17, 15) is 18.4 Å². The van der Waals surface area contributed by atoms with Crippen molar-refractivity contribution in [1.29, 1.82) is 0 Å². The fourth-order valence-electron chi connectivity index (χ4n) is 4.12. The fraction of sp³-hybridized carbons (Fsp3) is 0.391. The third kappa shape index (κ3) is 5.02. The first-order chi connectivity index (χ1) is 14.5. The predicted octanol–water partition coefficient (Wildman–Crippen LogP) is 3.17. The first-order valence-electron chi connectivity index (χ1n) is 10.3. The summed E-state index contributed by atoms with van der Waals surface area (Å²) in [7, 11) is 0. The van der Waals surface area contributed by atoms with Gasteiger partial charge in [-0.3, -0.25) is 14.5 Å². The molecule has 2 amide bonds. The number of piperidine rings is 1. The Hall–Kier alpha value is -2.80. The van der Waals surface area contributed by atoms with Crippen LogP contribution in [-0.4, -0.2) is 35.8 Å². The van der Waals surface area contributed by atoms with Crippen molar-refractivity contribution in [2.45, 2.75) is 44.7 Å². The van der Waals surface area contributed by atoms with Gasteiger partial charge in [0.25, 0.3) is 0 Å². The summed E-state index contributed by atoms with van der Waals surface area (Å²) in [4.78, 5) is 26.2. The van der Waals surface area contributed by atoms with E-state index in [0.29, 0.717) is 12.0 Å². The van der Waals surface area contributed by atoms with E-state index in [0.717, 1.165) is 62.3 Å². The monoisotopic (exact) mass is 413 g/mol. The van der Waals surface area contributed by atoms with E-state index in [1.165, 1.54) is 11.6 Å². The topological polar surface area (TPSA) is 61.4 Å². The summed E-state index contributed by atoms with van der Waals surface area (Å²) in [5.41, 5.74) is 3.73. The van der Waals surface area contributed by atoms with E-state index in [-0.39, 0.29) is 24.3 Å². The minimum absolute atomic E-state index is 0.0399. The van der Waals surface area contributed by atoms with Crippen molar-refractivity contribution in [1.82, 2.24) is 10.2 Å². The van der Waals surface area contributed by atoms with Crippen LogP contribution in [0.1, 0.15) is 36.0 Å². The molecular formula is C23H25F2N3O2. The van der Waals surface area contributed by atoms with E-state index < -0.39 is 11.6 Å². The van der Waals surface area contributed by atoms with Gasteiger partial charge in [0, 0.05) is 37.8 Å². The summed E-state index contributed by atoms with van der Waals surface area (Å²) in [6.45, 7) is 2.53. The first-order valence-corrected chi connectivity index (χ1v) is 10.3. The normalized spacial score (nSPS) is 17.3. The standard InChI is InChI=1S/C23H25F2N3O2/c24-19-5-2-15(11-20(19)25)13-23(30)26-18-7-9-28(10-8-18)14-16-1-3-17-4-6-22(29)27-21(17)12-16/h1-3,5,11-12,18H,4,6-10,13-14H2,(H,26,30)(H,27,29). The molecule has 1 saturated heterocycles. The molecule has 2 aromatic rings. The Morgan fingerprint density at radius 3 is 2.57 bits per heavy atom. The maximum absolute atomic E-state index is 13.3. The molecule has 5 nitrogen and oxygen atoms in total. The number of hydrogen-bond donors (Lipinski definition) is 2. The maximum atomic E-state index is 13.3. The molecule has 7 heteroatoms. The molecule has 0 bridgehead atoms. The molecule has 0 unspecified atom stereocenters. The number of carbonyl (C=O) groups is 2. The second kappa shape index (κ2) is 8.92. The number of anilines is 1. The Morgan fingerprint density at radius 1 is 1.03 bits per heavy atom. The van der Waals surface area contributed by atoms with Crippen molar-refractivity contribution in [3.63, 3.8) is 0 Å². The third-order valence-electron chi connectivity index (χ3n) is 5.78. The van der Waals surface area contributed by atoms with Crippen molar-refractivity contribution in [2.24, 2.45) is 0 Å². The summed E-state index contributed by atoms with van der Waals surface area (Å²) in [5.74, 6) is -1.95. The van der Waals surface area contributed by atoms with Gasteiger partial charge in [0.05, 0.1) is 6.42 Å². The van der Waals surface area contributed by atoms with Crippen LogP contribution in [0.25, 0.3) is 0 Å². The van der Waals surface area contributed by atoms with Gasteiger partial charge in [-0.15, -0.1) is 0 Å². The Labute approximate surface area is 174 Å². The number of amides is 2. The van der Waals surface area contributed by atoms with Crippen molar-refractivity contribution >= 4 is 17.5 Å². The highest BCUT2D eigenvalue weighted by Gasteiger charge is 2.22. The van der Waals surface area contributed by atoms with E-state index in [2.05, 4.69) is 33.7 Å². The average Bonchev–Trinajstić information content (AvgIpc) is 2.72. The van der Waals surface area contributed by atoms with Crippen LogP contribution in [0, 0.1) is 11.6 Å². The minimum atomic E-state index is -0.935. The second-order valence-electron chi connectivity index (χ2n) is 8.08. The molecule has 2 aromatic carbocycles. The number of fused-ring (bicyclic) bond motifs is 1. The molecule has 0 saturated carbocycles. The van der Waals surface area contributed by atoms with Gasteiger partial charge >= 0.3 is 0 Å². The average molecular weight is 413 g/mol. The van der Waals surface area contributed by atoms with E-state index in [1.807, 2.05) is 0 Å². The van der Waals surface area contributed by atoms with Gasteiger partial charge in [-0.2, -0.15) is 0 Å². The maximum Gasteiger partial charge on any atom is 0.224 e. The van der Waals surface area contributed by atoms with Crippen molar-refractivity contribution in [3.05, 3.63) is 64.7 Å². The Morgan fingerprint density at radius 2 is 1.80 bits per heavy atom. The summed E-state index contributed by atoms with van der Waals surface area (Å²) in [6.07, 6.45) is 3.05. The summed E-state index contributed by atoms with van der Waals surface area (Å²) in [5, 5.41) is 5.95. The van der Waals surface area contributed by atoms with E-state index in [4.69, 9.17) is 0 Å². The van der Waals surface area contributed by atoms with Gasteiger partial charge in [-0.25, -0.2) is 8.78 Å². The third-order valence-corrected chi connectivity index (χ3v) is 5.78. The van der Waals surface area contributed by atoms with Gasteiger partial charge < -0.3 is 10.6 Å². The lowest BCUT2D eigenvalue weighted by Crippen LogP contribution is -2.44. The number of hydrogen-bond acceptors (Lipinski definition) is 3. The predicted molar refractivity (Wildman–Crippen MR) is 110 cm³/mol. The lowest BCUT2D eigenvalue weighted by Gasteiger charge is -2.32. The second-order valence-corrected chi connectivity index (χ2v) is 8.08. The molecule has 2 heterocycles. The van der Waals surface area contributed by atoms with Crippen LogP contribution < -0.4 is 10.6 Å². The zero-order valence-electron chi connectivity index (χ0n) is 16.7. The van der Waals surface area contributed by atoms with Crippen LogP contribution in [0.5, 0.6) is 0 Å². The zero-order valence-corrected chi connectivity index (χ0v) is 16.7. The summed E-state index contributed by atoms with van der Waals surface area (Å²) < 4.78 is 26.3. The van der Waals surface area contributed by atoms with Crippen LogP contribution in [0.4, 0.5) is 14.5 Å². The number of nitrogens with one attached hydrogen (secondary N) is 2. The molecule has 30 heavy (non-hydrogen) atoms. The van der Waals surface area contributed by atoms with Crippen LogP contribution in [0.15, 0.2) is 36.4 Å². The van der Waals surface area contributed by atoms with Crippen molar-refractivity contribution in [2.75, 3.05) is 18.4 Å². The quantitative estimate of drug-likeness (QED) is 0.792. The van der Waals surface area contributed by atoms with Crippen LogP contribution >= 0.6 is 0 Å². The molecule has 0 atom stereocenters. The van der Waals surface area contributed by atoms with E-state index >= 15 is 0 Å². The Kier molecular flexibility index (Phi) is 6.08. The molecule has 0 aromatic heterocycles. The lowest BCUT2D eigenvalue weighted by molar-refractivity contribution is -0.121. The molecule has 0 radical (unpaired) electrons. The van der Waals surface area contributed by atoms with Gasteiger partial charge in [0.15, 0.2) is 11.6 Å². The van der Waals surface area contributed by atoms with Crippen molar-refractivity contribution in [3.8, 4) is 0 Å². The number of nitrogens with zero attached hydrogens (tertiary/aromatic N) is 1. The molecular weight excluding hydrogens is 388 g/mol. The SMILES string of the molecule is O=C1CCc2ccc(CN3CCC(NC(=O)Cc4ccc(F)c(F)c4)CC3)cc2N1. The smallest absolute Gasteiger partial charge is 0.224 e. The molecule has 2 aliphatic heterocycles. The number of likely N-dealkylation sites (tertiary alicyclic amines) is 1. The Balaban J connectivity index is 1.25. The molecule has 0 spiro atoms. The molecule has 4 rings (SSSR count). The van der Waals surface area contributed by atoms with Gasteiger partial charge in [-0.1, -0.05) is 18.2 Å². The van der Waals surface area contributed by atoms with Crippen LogP contribution in [0.2, 0.25) is 0 Å². The van der Waals surface area contributed by atoms with Gasteiger partial charge in [0.1, 0.15) is 0 Å². The van der Waals surface area contributed by atoms with Crippen LogP contribution in [0.3, 0.4) is 0 Å². The Bertz CT molecular complexity index is 955. The number of carbonyl (C=O) groups excluding carboxylic acids is 2. The first kappa shape index (κ1) is 20.5. The summed E-state index contributed by atoms with van der Waals surface area (Å²) >= 11 is 0. The number of halogens is 2. The molecule has 2 N–H and O–H groups in total. The largest absolute Gasteiger partial charge is 0.353 e. The highest BCUT2D eigenvalue weighted by atomic mass is 19.2.